The van der Waals surface area contributed by atoms with Gasteiger partial charge in [0.1, 0.15) is 16.9 Å². The lowest BCUT2D eigenvalue weighted by Gasteiger charge is -2.03. The summed E-state index contributed by atoms with van der Waals surface area (Å²) in [7, 11) is 0. The molecule has 0 aromatic carbocycles. The van der Waals surface area contributed by atoms with Crippen molar-refractivity contribution in [1.82, 2.24) is 15.2 Å². The monoisotopic (exact) mass is 295 g/mol. The van der Waals surface area contributed by atoms with Crippen LogP contribution in [0.1, 0.15) is 23.0 Å². The second kappa shape index (κ2) is 5.66. The third-order valence-corrected chi connectivity index (χ3v) is 2.75. The Morgan fingerprint density at radius 2 is 2.30 bits per heavy atom. The van der Waals surface area contributed by atoms with Crippen molar-refractivity contribution in [2.45, 2.75) is 13.3 Å². The SMILES string of the molecule is CCc1cc(NC(=O)c2cc(Cl)ncc2[N+](=O)[O-])n[nH]1. The summed E-state index contributed by atoms with van der Waals surface area (Å²) in [5.74, 6) is -0.385. The average molecular weight is 296 g/mol. The maximum atomic E-state index is 12.0. The van der Waals surface area contributed by atoms with E-state index in [2.05, 4.69) is 20.5 Å². The molecule has 0 fully saturated rings. The van der Waals surface area contributed by atoms with Gasteiger partial charge in [0.2, 0.25) is 0 Å². The molecule has 2 rings (SSSR count). The fourth-order valence-electron chi connectivity index (χ4n) is 1.54. The number of pyridine rings is 1. The van der Waals surface area contributed by atoms with Gasteiger partial charge in [-0.15, -0.1) is 0 Å². The average Bonchev–Trinajstić information content (AvgIpc) is 2.85. The number of halogens is 1. The first-order valence-electron chi connectivity index (χ1n) is 5.66. The summed E-state index contributed by atoms with van der Waals surface area (Å²) >= 11 is 5.66. The molecule has 2 heterocycles. The van der Waals surface area contributed by atoms with E-state index in [0.29, 0.717) is 0 Å². The second-order valence-corrected chi connectivity index (χ2v) is 4.25. The number of H-pyrrole nitrogens is 1. The first-order valence-corrected chi connectivity index (χ1v) is 6.04. The minimum atomic E-state index is -0.694. The van der Waals surface area contributed by atoms with E-state index in [1.807, 2.05) is 6.92 Å². The maximum Gasteiger partial charge on any atom is 0.300 e. The molecule has 0 aliphatic heterocycles. The highest BCUT2D eigenvalue weighted by Crippen LogP contribution is 2.21. The van der Waals surface area contributed by atoms with Crippen molar-refractivity contribution in [2.24, 2.45) is 0 Å². The summed E-state index contributed by atoms with van der Waals surface area (Å²) in [4.78, 5) is 25.8. The Hall–Kier alpha value is -2.48. The number of rotatable bonds is 4. The number of anilines is 1. The molecule has 8 nitrogen and oxygen atoms in total. The lowest BCUT2D eigenvalue weighted by atomic mass is 10.2. The number of aromatic nitrogens is 3. The van der Waals surface area contributed by atoms with E-state index >= 15 is 0 Å². The van der Waals surface area contributed by atoms with E-state index in [-0.39, 0.29) is 16.5 Å². The summed E-state index contributed by atoms with van der Waals surface area (Å²) in [6, 6.07) is 2.79. The summed E-state index contributed by atoms with van der Waals surface area (Å²) < 4.78 is 0. The molecule has 1 amide bonds. The van der Waals surface area contributed by atoms with E-state index in [1.54, 1.807) is 6.07 Å². The second-order valence-electron chi connectivity index (χ2n) is 3.87. The third kappa shape index (κ3) is 2.91. The number of carbonyl (C=O) groups excluding carboxylic acids is 1. The summed E-state index contributed by atoms with van der Waals surface area (Å²) in [6.07, 6.45) is 1.67. The van der Waals surface area contributed by atoms with Crippen LogP contribution in [0.5, 0.6) is 0 Å². The molecule has 9 heteroatoms. The number of nitrogens with zero attached hydrogens (tertiary/aromatic N) is 3. The Balaban J connectivity index is 2.28. The van der Waals surface area contributed by atoms with Crippen molar-refractivity contribution in [2.75, 3.05) is 5.32 Å². The van der Waals surface area contributed by atoms with Crippen molar-refractivity contribution >= 4 is 29.0 Å². The molecule has 0 spiro atoms. The van der Waals surface area contributed by atoms with Gasteiger partial charge in [-0.05, 0) is 12.5 Å². The predicted octanol–water partition coefficient (Wildman–Crippen LogP) is 2.18. The Kier molecular flexibility index (Phi) is 3.94. The first-order chi connectivity index (χ1) is 9.51. The molecule has 0 aliphatic rings. The summed E-state index contributed by atoms with van der Waals surface area (Å²) in [5, 5.41) is 19.9. The van der Waals surface area contributed by atoms with Gasteiger partial charge in [-0.1, -0.05) is 18.5 Å². The highest BCUT2D eigenvalue weighted by molar-refractivity contribution is 6.30. The van der Waals surface area contributed by atoms with Crippen molar-refractivity contribution in [3.63, 3.8) is 0 Å². The zero-order valence-corrected chi connectivity index (χ0v) is 11.1. The fraction of sp³-hybridized carbons (Fsp3) is 0.182. The Bertz CT molecular complexity index is 670. The van der Waals surface area contributed by atoms with Crippen molar-refractivity contribution in [3.8, 4) is 0 Å². The van der Waals surface area contributed by atoms with E-state index < -0.39 is 16.5 Å². The molecular formula is C11H10ClN5O3. The van der Waals surface area contributed by atoms with Gasteiger partial charge in [0.05, 0.1) is 4.92 Å². The van der Waals surface area contributed by atoms with Crippen LogP contribution in [-0.4, -0.2) is 26.0 Å². The van der Waals surface area contributed by atoms with Gasteiger partial charge in [0.25, 0.3) is 11.6 Å². The van der Waals surface area contributed by atoms with E-state index in [0.717, 1.165) is 24.4 Å². The normalized spacial score (nSPS) is 10.3. The molecule has 2 aromatic heterocycles. The number of nitro groups is 1. The van der Waals surface area contributed by atoms with Crippen LogP contribution in [0.25, 0.3) is 0 Å². The van der Waals surface area contributed by atoms with E-state index in [9.17, 15) is 14.9 Å². The number of aromatic amines is 1. The van der Waals surface area contributed by atoms with Crippen LogP contribution in [0.3, 0.4) is 0 Å². The largest absolute Gasteiger partial charge is 0.305 e. The van der Waals surface area contributed by atoms with Gasteiger partial charge in [0.15, 0.2) is 5.82 Å². The topological polar surface area (TPSA) is 114 Å². The Labute approximate surface area is 118 Å². The molecule has 0 aliphatic carbocycles. The van der Waals surface area contributed by atoms with E-state index in [4.69, 9.17) is 11.6 Å². The minimum Gasteiger partial charge on any atom is -0.305 e. The molecule has 0 unspecified atom stereocenters. The van der Waals surface area contributed by atoms with Gasteiger partial charge in [-0.2, -0.15) is 5.10 Å². The number of nitrogens with one attached hydrogen (secondary N) is 2. The van der Waals surface area contributed by atoms with E-state index in [1.165, 1.54) is 0 Å². The summed E-state index contributed by atoms with van der Waals surface area (Å²) in [6.45, 7) is 1.92. The van der Waals surface area contributed by atoms with Gasteiger partial charge >= 0.3 is 0 Å². The Morgan fingerprint density at radius 3 is 2.90 bits per heavy atom. The van der Waals surface area contributed by atoms with Gasteiger partial charge in [-0.3, -0.25) is 20.0 Å². The van der Waals surface area contributed by atoms with Crippen molar-refractivity contribution in [1.29, 1.82) is 0 Å². The fourth-order valence-corrected chi connectivity index (χ4v) is 1.70. The number of hydrogen-bond donors (Lipinski definition) is 2. The van der Waals surface area contributed by atoms with Crippen molar-refractivity contribution < 1.29 is 9.72 Å². The number of amides is 1. The molecule has 0 radical (unpaired) electrons. The zero-order valence-electron chi connectivity index (χ0n) is 10.4. The number of carbonyl (C=O) groups is 1. The van der Waals surface area contributed by atoms with Crippen LogP contribution >= 0.6 is 11.6 Å². The highest BCUT2D eigenvalue weighted by atomic mass is 35.5. The zero-order chi connectivity index (χ0) is 14.7. The lowest BCUT2D eigenvalue weighted by molar-refractivity contribution is -0.385. The molecular weight excluding hydrogens is 286 g/mol. The molecule has 0 bridgehead atoms. The maximum absolute atomic E-state index is 12.0. The van der Waals surface area contributed by atoms with Crippen LogP contribution in [0.4, 0.5) is 11.5 Å². The van der Waals surface area contributed by atoms with Crippen LogP contribution in [0, 0.1) is 10.1 Å². The standard InChI is InChI=1S/C11H10ClN5O3/c1-2-6-3-10(16-15-6)14-11(18)7-4-9(12)13-5-8(7)17(19)20/h3-5H,2H2,1H3,(H2,14,15,16,18). The first kappa shape index (κ1) is 13.9. The third-order valence-electron chi connectivity index (χ3n) is 2.54. The summed E-state index contributed by atoms with van der Waals surface area (Å²) in [5.41, 5.74) is 0.247. The van der Waals surface area contributed by atoms with Crippen LogP contribution in [0.15, 0.2) is 18.3 Å². The molecule has 2 aromatic rings. The van der Waals surface area contributed by atoms with Crippen molar-refractivity contribution in [3.05, 3.63) is 44.9 Å². The van der Waals surface area contributed by atoms with Crippen LogP contribution in [0.2, 0.25) is 5.15 Å². The Morgan fingerprint density at radius 1 is 1.55 bits per heavy atom. The minimum absolute atomic E-state index is 0.00275. The molecule has 0 saturated carbocycles. The van der Waals surface area contributed by atoms with Crippen LogP contribution in [-0.2, 0) is 6.42 Å². The number of hydrogen-bond acceptors (Lipinski definition) is 5. The van der Waals surface area contributed by atoms with Crippen LogP contribution < -0.4 is 5.32 Å². The van der Waals surface area contributed by atoms with Gasteiger partial charge < -0.3 is 5.32 Å². The quantitative estimate of drug-likeness (QED) is 0.510. The lowest BCUT2D eigenvalue weighted by Crippen LogP contribution is -2.14. The molecule has 104 valence electrons. The van der Waals surface area contributed by atoms with Gasteiger partial charge in [-0.25, -0.2) is 4.98 Å². The molecule has 0 saturated heterocycles. The highest BCUT2D eigenvalue weighted by Gasteiger charge is 2.22. The smallest absolute Gasteiger partial charge is 0.300 e. The molecule has 0 atom stereocenters. The predicted molar refractivity (Wildman–Crippen MR) is 71.8 cm³/mol. The number of aryl methyl sites for hydroxylation is 1. The van der Waals surface area contributed by atoms with Gasteiger partial charge in [0, 0.05) is 11.8 Å². The molecule has 2 N–H and O–H groups in total. The molecule has 20 heavy (non-hydrogen) atoms.